The van der Waals surface area contributed by atoms with Gasteiger partial charge in [-0.2, -0.15) is 13.2 Å². The van der Waals surface area contributed by atoms with Gasteiger partial charge in [0.1, 0.15) is 5.82 Å². The van der Waals surface area contributed by atoms with E-state index in [0.717, 1.165) is 12.6 Å². The lowest BCUT2D eigenvalue weighted by molar-refractivity contribution is -0.138. The first-order valence-electron chi connectivity index (χ1n) is 8.95. The highest BCUT2D eigenvalue weighted by atomic mass is 19.4. The predicted molar refractivity (Wildman–Crippen MR) is 107 cm³/mol. The minimum absolute atomic E-state index is 0.0133. The van der Waals surface area contributed by atoms with Gasteiger partial charge in [-0.05, 0) is 36.4 Å². The summed E-state index contributed by atoms with van der Waals surface area (Å²) in [5.74, 6) is 2.59. The van der Waals surface area contributed by atoms with Gasteiger partial charge in [0.05, 0.1) is 5.56 Å². The van der Waals surface area contributed by atoms with Crippen LogP contribution in [0.4, 0.5) is 29.5 Å². The van der Waals surface area contributed by atoms with E-state index in [2.05, 4.69) is 32.2 Å². The van der Waals surface area contributed by atoms with Crippen LogP contribution in [0.2, 0.25) is 0 Å². The molecule has 0 spiro atoms. The summed E-state index contributed by atoms with van der Waals surface area (Å²) < 4.78 is 40.3. The predicted octanol–water partition coefficient (Wildman–Crippen LogP) is 3.42. The zero-order valence-electron chi connectivity index (χ0n) is 15.9. The van der Waals surface area contributed by atoms with Crippen molar-refractivity contribution < 1.29 is 18.0 Å². The van der Waals surface area contributed by atoms with Crippen molar-refractivity contribution in [2.75, 3.05) is 30.3 Å². The van der Waals surface area contributed by atoms with Crippen molar-refractivity contribution in [3.8, 4) is 12.3 Å². The van der Waals surface area contributed by atoms with Gasteiger partial charge in [0.2, 0.25) is 0 Å². The summed E-state index contributed by atoms with van der Waals surface area (Å²) in [5.41, 5.74) is -0.179. The van der Waals surface area contributed by atoms with Gasteiger partial charge in [-0.15, -0.1) is 6.42 Å². The average molecular weight is 405 g/mol. The number of carbonyl (C=O) groups excluding carboxylic acids is 1. The molecule has 4 N–H and O–H groups in total. The normalized spacial score (nSPS) is 11.0. The number of pyridine rings is 1. The zero-order chi connectivity index (χ0) is 21.3. The van der Waals surface area contributed by atoms with Crippen LogP contribution in [0.1, 0.15) is 23.6 Å². The van der Waals surface area contributed by atoms with E-state index in [0.29, 0.717) is 18.7 Å². The smallest absolute Gasteiger partial charge is 0.316 e. The molecule has 29 heavy (non-hydrogen) atoms. The molecule has 6 nitrogen and oxygen atoms in total. The monoisotopic (exact) mass is 405 g/mol. The lowest BCUT2D eigenvalue weighted by atomic mass is 10.1. The molecule has 1 aromatic heterocycles. The molecule has 0 saturated heterocycles. The van der Waals surface area contributed by atoms with Gasteiger partial charge in [0.15, 0.2) is 0 Å². The van der Waals surface area contributed by atoms with E-state index in [1.54, 1.807) is 6.07 Å². The maximum Gasteiger partial charge on any atom is 0.416 e. The van der Waals surface area contributed by atoms with Gasteiger partial charge in [-0.1, -0.05) is 18.9 Å². The van der Waals surface area contributed by atoms with Crippen LogP contribution in [-0.2, 0) is 12.7 Å². The Morgan fingerprint density at radius 3 is 2.59 bits per heavy atom. The standard InChI is InChI=1S/C20H22F3N5O/c1-3-14-7-8-26-18(11-14)28-19(29)27-16-6-5-15(13-25-10-9-24-4-2)17(12-16)20(21,22)23/h1,5-8,11-12,24-25H,4,9-10,13H2,2H3,(H2,26,27,28,29). The molecular formula is C20H22F3N5O. The number of benzene rings is 1. The summed E-state index contributed by atoms with van der Waals surface area (Å²) in [6, 6.07) is 6.01. The van der Waals surface area contributed by atoms with Crippen LogP contribution in [0, 0.1) is 12.3 Å². The number of urea groups is 1. The number of amides is 2. The van der Waals surface area contributed by atoms with Crippen LogP contribution in [0.25, 0.3) is 0 Å². The number of aromatic nitrogens is 1. The molecule has 0 unspecified atom stereocenters. The highest BCUT2D eigenvalue weighted by molar-refractivity contribution is 5.99. The number of hydrogen-bond acceptors (Lipinski definition) is 4. The van der Waals surface area contributed by atoms with Crippen LogP contribution in [0.3, 0.4) is 0 Å². The molecule has 1 aromatic carbocycles. The van der Waals surface area contributed by atoms with Gasteiger partial charge in [-0.25, -0.2) is 9.78 Å². The molecule has 0 fully saturated rings. The van der Waals surface area contributed by atoms with Crippen LogP contribution in [0.5, 0.6) is 0 Å². The van der Waals surface area contributed by atoms with Crippen LogP contribution in [0.15, 0.2) is 36.5 Å². The van der Waals surface area contributed by atoms with E-state index in [9.17, 15) is 18.0 Å². The summed E-state index contributed by atoms with van der Waals surface area (Å²) in [4.78, 5) is 16.0. The number of halogens is 3. The molecule has 1 heterocycles. The van der Waals surface area contributed by atoms with Crippen LogP contribution in [-0.4, -0.2) is 30.6 Å². The van der Waals surface area contributed by atoms with Gasteiger partial charge in [0, 0.05) is 37.1 Å². The first-order valence-corrected chi connectivity index (χ1v) is 8.95. The Morgan fingerprint density at radius 1 is 1.14 bits per heavy atom. The van der Waals surface area contributed by atoms with E-state index in [4.69, 9.17) is 6.42 Å². The molecule has 9 heteroatoms. The minimum Gasteiger partial charge on any atom is -0.316 e. The van der Waals surface area contributed by atoms with Crippen molar-refractivity contribution in [2.24, 2.45) is 0 Å². The molecule has 0 aliphatic carbocycles. The maximum absolute atomic E-state index is 13.4. The van der Waals surface area contributed by atoms with Crippen molar-refractivity contribution >= 4 is 17.5 Å². The van der Waals surface area contributed by atoms with E-state index in [1.165, 1.54) is 24.4 Å². The number of carbonyl (C=O) groups is 1. The van der Waals surface area contributed by atoms with Crippen molar-refractivity contribution in [3.05, 3.63) is 53.2 Å². The summed E-state index contributed by atoms with van der Waals surface area (Å²) in [6.45, 7) is 4.01. The summed E-state index contributed by atoms with van der Waals surface area (Å²) in [7, 11) is 0. The quantitative estimate of drug-likeness (QED) is 0.401. The largest absolute Gasteiger partial charge is 0.416 e. The second kappa shape index (κ2) is 10.5. The van der Waals surface area contributed by atoms with Crippen LogP contribution < -0.4 is 21.3 Å². The third-order valence-electron chi connectivity index (χ3n) is 3.89. The fourth-order valence-electron chi connectivity index (χ4n) is 2.52. The Bertz CT molecular complexity index is 877. The molecule has 0 aliphatic rings. The molecular weight excluding hydrogens is 383 g/mol. The second-order valence-electron chi connectivity index (χ2n) is 6.05. The average Bonchev–Trinajstić information content (AvgIpc) is 2.68. The van der Waals surface area contributed by atoms with Crippen molar-refractivity contribution in [2.45, 2.75) is 19.6 Å². The summed E-state index contributed by atoms with van der Waals surface area (Å²) in [6.07, 6.45) is 2.16. The number of nitrogens with one attached hydrogen (secondary N) is 4. The highest BCUT2D eigenvalue weighted by Gasteiger charge is 2.33. The van der Waals surface area contributed by atoms with E-state index in [1.807, 2.05) is 6.92 Å². The van der Waals surface area contributed by atoms with E-state index >= 15 is 0 Å². The second-order valence-corrected chi connectivity index (χ2v) is 6.05. The molecule has 154 valence electrons. The highest BCUT2D eigenvalue weighted by Crippen LogP contribution is 2.34. The lowest BCUT2D eigenvalue weighted by Gasteiger charge is -2.16. The topological polar surface area (TPSA) is 78.1 Å². The molecule has 2 aromatic rings. The van der Waals surface area contributed by atoms with Crippen LogP contribution >= 0.6 is 0 Å². The SMILES string of the molecule is C#Cc1ccnc(NC(=O)Nc2ccc(CNCCNCC)c(C(F)(F)F)c2)c1. The van der Waals surface area contributed by atoms with Gasteiger partial charge >= 0.3 is 12.2 Å². The zero-order valence-corrected chi connectivity index (χ0v) is 15.9. The Balaban J connectivity index is 2.06. The van der Waals surface area contributed by atoms with Gasteiger partial charge in [-0.3, -0.25) is 5.32 Å². The molecule has 0 radical (unpaired) electrons. The lowest BCUT2D eigenvalue weighted by Crippen LogP contribution is -2.27. The molecule has 2 rings (SSSR count). The van der Waals surface area contributed by atoms with E-state index < -0.39 is 17.8 Å². The Kier molecular flexibility index (Phi) is 8.00. The maximum atomic E-state index is 13.4. The fraction of sp³-hybridized carbons (Fsp3) is 0.300. The molecule has 0 atom stereocenters. The first-order chi connectivity index (χ1) is 13.8. The number of rotatable bonds is 8. The Hall–Kier alpha value is -3.09. The third kappa shape index (κ3) is 7.10. The third-order valence-corrected chi connectivity index (χ3v) is 3.89. The number of terminal acetylenes is 1. The first kappa shape index (κ1) is 22.2. The molecule has 0 bridgehead atoms. The number of nitrogens with zero attached hydrogens (tertiary/aromatic N) is 1. The Labute approximate surface area is 167 Å². The van der Waals surface area contributed by atoms with Crippen molar-refractivity contribution in [1.82, 2.24) is 15.6 Å². The number of alkyl halides is 3. The molecule has 0 aliphatic heterocycles. The minimum atomic E-state index is -4.55. The fourth-order valence-corrected chi connectivity index (χ4v) is 2.52. The van der Waals surface area contributed by atoms with Gasteiger partial charge in [0.25, 0.3) is 0 Å². The van der Waals surface area contributed by atoms with E-state index in [-0.39, 0.29) is 23.6 Å². The van der Waals surface area contributed by atoms with Crippen molar-refractivity contribution in [1.29, 1.82) is 0 Å². The van der Waals surface area contributed by atoms with Crippen molar-refractivity contribution in [3.63, 3.8) is 0 Å². The number of hydrogen-bond donors (Lipinski definition) is 4. The number of anilines is 2. The summed E-state index contributed by atoms with van der Waals surface area (Å²) in [5, 5.41) is 10.9. The summed E-state index contributed by atoms with van der Waals surface area (Å²) >= 11 is 0. The molecule has 0 saturated carbocycles. The number of likely N-dealkylation sites (N-methyl/N-ethyl adjacent to an activating group) is 1. The molecule has 2 amide bonds. The Morgan fingerprint density at radius 2 is 1.90 bits per heavy atom. The van der Waals surface area contributed by atoms with Gasteiger partial charge < -0.3 is 16.0 Å².